The summed E-state index contributed by atoms with van der Waals surface area (Å²) in [4.78, 5) is 10.2. The van der Waals surface area contributed by atoms with Gasteiger partial charge in [0.2, 0.25) is 0 Å². The Morgan fingerprint density at radius 1 is 1.18 bits per heavy atom. The van der Waals surface area contributed by atoms with Gasteiger partial charge in [-0.3, -0.25) is 4.79 Å². The van der Waals surface area contributed by atoms with Crippen LogP contribution >= 0.6 is 0 Å². The fraction of sp³-hybridized carbons (Fsp3) is 0.417. The minimum absolute atomic E-state index is 0.172. The Kier molecular flexibility index (Phi) is 5.39. The lowest BCUT2D eigenvalue weighted by Gasteiger charge is -2.06. The van der Waals surface area contributed by atoms with E-state index in [1.165, 1.54) is 6.07 Å². The molecule has 1 rings (SSSR count). The zero-order valence-electron chi connectivity index (χ0n) is 9.38. The zero-order chi connectivity index (χ0) is 12.7. The third-order valence-corrected chi connectivity index (χ3v) is 2.32. The number of rotatable bonds is 7. The number of halogens is 2. The molecule has 0 bridgehead atoms. The molecule has 94 valence electrons. The van der Waals surface area contributed by atoms with Gasteiger partial charge in [-0.1, -0.05) is 6.42 Å². The molecule has 17 heavy (non-hydrogen) atoms. The van der Waals surface area contributed by atoms with E-state index >= 15 is 0 Å². The van der Waals surface area contributed by atoms with E-state index in [1.54, 1.807) is 0 Å². The van der Waals surface area contributed by atoms with Gasteiger partial charge in [-0.2, -0.15) is 0 Å². The predicted octanol–water partition coefficient (Wildman–Crippen LogP) is 3.02. The SMILES string of the molecule is O=C(O)CCCCCNc1ccc(F)c(F)c1. The van der Waals surface area contributed by atoms with Crippen molar-refractivity contribution in [3.63, 3.8) is 0 Å². The van der Waals surface area contributed by atoms with E-state index in [1.807, 2.05) is 0 Å². The minimum Gasteiger partial charge on any atom is -0.481 e. The highest BCUT2D eigenvalue weighted by Gasteiger charge is 2.01. The Hall–Kier alpha value is -1.65. The number of hydrogen-bond acceptors (Lipinski definition) is 2. The van der Waals surface area contributed by atoms with Crippen molar-refractivity contribution in [2.45, 2.75) is 25.7 Å². The highest BCUT2D eigenvalue weighted by molar-refractivity contribution is 5.66. The number of nitrogens with one attached hydrogen (secondary N) is 1. The molecule has 0 heterocycles. The number of carbonyl (C=O) groups is 1. The van der Waals surface area contributed by atoms with Crippen LogP contribution in [-0.4, -0.2) is 17.6 Å². The van der Waals surface area contributed by atoms with E-state index < -0.39 is 17.6 Å². The molecule has 1 aromatic rings. The molecule has 0 aromatic heterocycles. The van der Waals surface area contributed by atoms with Gasteiger partial charge in [-0.05, 0) is 31.0 Å². The van der Waals surface area contributed by atoms with Crippen LogP contribution in [0.25, 0.3) is 0 Å². The smallest absolute Gasteiger partial charge is 0.303 e. The number of anilines is 1. The summed E-state index contributed by atoms with van der Waals surface area (Å²) < 4.78 is 25.4. The molecule has 3 nitrogen and oxygen atoms in total. The lowest BCUT2D eigenvalue weighted by Crippen LogP contribution is -2.02. The van der Waals surface area contributed by atoms with E-state index in [9.17, 15) is 13.6 Å². The molecule has 0 radical (unpaired) electrons. The number of unbranched alkanes of at least 4 members (excludes halogenated alkanes) is 2. The highest BCUT2D eigenvalue weighted by Crippen LogP contribution is 2.13. The van der Waals surface area contributed by atoms with Crippen molar-refractivity contribution in [1.82, 2.24) is 0 Å². The number of hydrogen-bond donors (Lipinski definition) is 2. The first kappa shape index (κ1) is 13.4. The first-order chi connectivity index (χ1) is 8.09. The van der Waals surface area contributed by atoms with Gasteiger partial charge in [0.15, 0.2) is 11.6 Å². The summed E-state index contributed by atoms with van der Waals surface area (Å²) in [5.41, 5.74) is 0.530. The molecule has 0 unspecified atom stereocenters. The normalized spacial score (nSPS) is 10.2. The van der Waals surface area contributed by atoms with Gasteiger partial charge in [0.1, 0.15) is 0 Å². The number of benzene rings is 1. The van der Waals surface area contributed by atoms with Crippen molar-refractivity contribution in [1.29, 1.82) is 0 Å². The molecule has 0 atom stereocenters. The van der Waals surface area contributed by atoms with Gasteiger partial charge in [-0.15, -0.1) is 0 Å². The van der Waals surface area contributed by atoms with Crippen molar-refractivity contribution in [3.8, 4) is 0 Å². The van der Waals surface area contributed by atoms with Crippen molar-refractivity contribution < 1.29 is 18.7 Å². The fourth-order valence-corrected chi connectivity index (χ4v) is 1.42. The second kappa shape index (κ2) is 6.83. The summed E-state index contributed by atoms with van der Waals surface area (Å²) in [6.07, 6.45) is 2.40. The number of carboxylic acids is 1. The Morgan fingerprint density at radius 2 is 1.94 bits per heavy atom. The van der Waals surface area contributed by atoms with E-state index in [2.05, 4.69) is 5.32 Å². The molecule has 5 heteroatoms. The second-order valence-electron chi connectivity index (χ2n) is 3.76. The van der Waals surface area contributed by atoms with Gasteiger partial charge in [0, 0.05) is 18.7 Å². The fourth-order valence-electron chi connectivity index (χ4n) is 1.42. The monoisotopic (exact) mass is 243 g/mol. The summed E-state index contributed by atoms with van der Waals surface area (Å²) in [6, 6.07) is 3.64. The number of aliphatic carboxylic acids is 1. The average Bonchev–Trinajstić information content (AvgIpc) is 2.27. The topological polar surface area (TPSA) is 49.3 Å². The van der Waals surface area contributed by atoms with Crippen molar-refractivity contribution in [2.24, 2.45) is 0 Å². The van der Waals surface area contributed by atoms with Gasteiger partial charge < -0.3 is 10.4 Å². The molecule has 0 spiro atoms. The highest BCUT2D eigenvalue weighted by atomic mass is 19.2. The molecular weight excluding hydrogens is 228 g/mol. The number of carboxylic acid groups (broad SMARTS) is 1. The summed E-state index contributed by atoms with van der Waals surface area (Å²) in [6.45, 7) is 0.616. The summed E-state index contributed by atoms with van der Waals surface area (Å²) in [7, 11) is 0. The van der Waals surface area contributed by atoms with Crippen LogP contribution in [0.4, 0.5) is 14.5 Å². The molecule has 0 fully saturated rings. The zero-order valence-corrected chi connectivity index (χ0v) is 9.38. The molecular formula is C12H15F2NO2. The van der Waals surface area contributed by atoms with Crippen LogP contribution in [0.1, 0.15) is 25.7 Å². The Labute approximate surface area is 98.5 Å². The van der Waals surface area contributed by atoms with Gasteiger partial charge >= 0.3 is 5.97 Å². The van der Waals surface area contributed by atoms with Crippen molar-refractivity contribution >= 4 is 11.7 Å². The Morgan fingerprint density at radius 3 is 2.59 bits per heavy atom. The van der Waals surface area contributed by atoms with Crippen LogP contribution in [-0.2, 0) is 4.79 Å². The molecule has 0 amide bonds. The Bertz CT molecular complexity index is 383. The lowest BCUT2D eigenvalue weighted by atomic mass is 10.2. The van der Waals surface area contributed by atoms with Gasteiger partial charge in [-0.25, -0.2) is 8.78 Å². The van der Waals surface area contributed by atoms with Crippen LogP contribution in [0.15, 0.2) is 18.2 Å². The van der Waals surface area contributed by atoms with Crippen molar-refractivity contribution in [2.75, 3.05) is 11.9 Å². The molecule has 0 aliphatic carbocycles. The maximum Gasteiger partial charge on any atom is 0.303 e. The molecule has 0 saturated carbocycles. The second-order valence-corrected chi connectivity index (χ2v) is 3.76. The molecule has 0 aliphatic rings. The summed E-state index contributed by atoms with van der Waals surface area (Å²) in [5, 5.41) is 11.4. The Balaban J connectivity index is 2.18. The van der Waals surface area contributed by atoms with Gasteiger partial charge in [0.05, 0.1) is 0 Å². The predicted molar refractivity (Wildman–Crippen MR) is 61.0 cm³/mol. The maximum absolute atomic E-state index is 12.8. The maximum atomic E-state index is 12.8. The third-order valence-electron chi connectivity index (χ3n) is 2.32. The van der Waals surface area contributed by atoms with Crippen LogP contribution in [0.3, 0.4) is 0 Å². The van der Waals surface area contributed by atoms with Crippen LogP contribution < -0.4 is 5.32 Å². The minimum atomic E-state index is -0.874. The van der Waals surface area contributed by atoms with Crippen molar-refractivity contribution in [3.05, 3.63) is 29.8 Å². The van der Waals surface area contributed by atoms with Crippen LogP contribution in [0.5, 0.6) is 0 Å². The van der Waals surface area contributed by atoms with Crippen LogP contribution in [0, 0.1) is 11.6 Å². The molecule has 1 aromatic carbocycles. The van der Waals surface area contributed by atoms with E-state index in [0.717, 1.165) is 25.0 Å². The molecule has 0 saturated heterocycles. The third kappa shape index (κ3) is 5.29. The van der Waals surface area contributed by atoms with Gasteiger partial charge in [0.25, 0.3) is 0 Å². The van der Waals surface area contributed by atoms with E-state index in [0.29, 0.717) is 18.7 Å². The first-order valence-corrected chi connectivity index (χ1v) is 5.50. The average molecular weight is 243 g/mol. The lowest BCUT2D eigenvalue weighted by molar-refractivity contribution is -0.137. The van der Waals surface area contributed by atoms with E-state index in [4.69, 9.17) is 5.11 Å². The van der Waals surface area contributed by atoms with E-state index in [-0.39, 0.29) is 6.42 Å². The molecule has 0 aliphatic heterocycles. The van der Waals surface area contributed by atoms with Crippen LogP contribution in [0.2, 0.25) is 0 Å². The largest absolute Gasteiger partial charge is 0.481 e. The standard InChI is InChI=1S/C12H15F2NO2/c13-10-6-5-9(8-11(10)14)15-7-3-1-2-4-12(16)17/h5-6,8,15H,1-4,7H2,(H,16,17). The first-order valence-electron chi connectivity index (χ1n) is 5.50. The quantitative estimate of drug-likeness (QED) is 0.724. The summed E-state index contributed by atoms with van der Waals surface area (Å²) >= 11 is 0. The molecule has 2 N–H and O–H groups in total. The summed E-state index contributed by atoms with van der Waals surface area (Å²) in [5.74, 6) is -2.53.